The van der Waals surface area contributed by atoms with Crippen LogP contribution < -0.4 is 9.64 Å². The highest BCUT2D eigenvalue weighted by Gasteiger charge is 2.22. The molecule has 0 radical (unpaired) electrons. The molecule has 0 spiro atoms. The van der Waals surface area contributed by atoms with Crippen LogP contribution in [-0.4, -0.2) is 55.3 Å². The van der Waals surface area contributed by atoms with Crippen molar-refractivity contribution in [1.29, 1.82) is 5.26 Å². The number of carbonyl (C=O) groups is 2. The van der Waals surface area contributed by atoms with Crippen molar-refractivity contribution in [2.75, 3.05) is 38.3 Å². The number of nitriles is 1. The second-order valence-corrected chi connectivity index (χ2v) is 10.2. The number of rotatable bonds is 8. The van der Waals surface area contributed by atoms with Gasteiger partial charge in [0.25, 0.3) is 0 Å². The highest BCUT2D eigenvalue weighted by molar-refractivity contribution is 7.14. The molecule has 3 aromatic heterocycles. The van der Waals surface area contributed by atoms with E-state index in [0.29, 0.717) is 46.4 Å². The van der Waals surface area contributed by atoms with E-state index in [0.717, 1.165) is 35.7 Å². The Bertz CT molecular complexity index is 1600. The summed E-state index contributed by atoms with van der Waals surface area (Å²) in [6.07, 6.45) is 0. The van der Waals surface area contributed by atoms with Crippen LogP contribution in [-0.2, 0) is 16.1 Å². The molecule has 40 heavy (non-hydrogen) atoms. The minimum atomic E-state index is -0.542. The molecule has 4 heterocycles. The third-order valence-electron chi connectivity index (χ3n) is 6.45. The number of morpholine rings is 1. The lowest BCUT2D eigenvalue weighted by Gasteiger charge is -2.28. The first-order valence-electron chi connectivity index (χ1n) is 12.5. The molecular formula is C29H26N4O6S. The topological polar surface area (TPSA) is 128 Å². The molecule has 0 unspecified atom stereocenters. The van der Waals surface area contributed by atoms with Gasteiger partial charge in [-0.05, 0) is 38.1 Å². The number of hydrogen-bond acceptors (Lipinski definition) is 11. The van der Waals surface area contributed by atoms with Crippen molar-refractivity contribution in [2.24, 2.45) is 0 Å². The third-order valence-corrected chi connectivity index (χ3v) is 7.53. The number of aromatic nitrogens is 2. The van der Waals surface area contributed by atoms with Gasteiger partial charge in [-0.25, -0.2) is 9.78 Å². The molecule has 0 aliphatic carbocycles. The van der Waals surface area contributed by atoms with Crippen molar-refractivity contribution in [2.45, 2.75) is 20.5 Å². The Morgan fingerprint density at radius 2 is 1.90 bits per heavy atom. The van der Waals surface area contributed by atoms with Crippen molar-refractivity contribution in [3.63, 3.8) is 0 Å². The number of methoxy groups -OCH3 is 1. The first kappa shape index (κ1) is 27.1. The van der Waals surface area contributed by atoms with Gasteiger partial charge in [0.15, 0.2) is 11.5 Å². The minimum absolute atomic E-state index is 0.0730. The maximum absolute atomic E-state index is 12.2. The highest BCUT2D eigenvalue weighted by atomic mass is 32.1. The number of nitrogens with zero attached hydrogens (tertiary/aromatic N) is 4. The smallest absolute Gasteiger partial charge is 0.348 e. The average Bonchev–Trinajstić information content (AvgIpc) is 3.62. The number of aryl methyl sites for hydroxylation is 1. The lowest BCUT2D eigenvalue weighted by atomic mass is 10.0. The normalized spacial score (nSPS) is 13.1. The fourth-order valence-corrected chi connectivity index (χ4v) is 5.44. The van der Waals surface area contributed by atoms with Crippen molar-refractivity contribution < 1.29 is 28.3 Å². The Balaban J connectivity index is 1.53. The number of Topliss-reactive ketones (excluding diaryl/α,β-unsaturated/α-hetero) is 1. The average molecular weight is 559 g/mol. The maximum Gasteiger partial charge on any atom is 0.348 e. The number of pyridine rings is 1. The van der Waals surface area contributed by atoms with E-state index in [4.69, 9.17) is 18.7 Å². The van der Waals surface area contributed by atoms with E-state index in [9.17, 15) is 14.9 Å². The number of thiophene rings is 1. The van der Waals surface area contributed by atoms with Crippen LogP contribution in [0, 0.1) is 18.3 Å². The number of carbonyl (C=O) groups excluding carboxylic acids is 2. The standard InChI is InChI=1S/C29H26N4O6S/c1-17-12-25(39-32-17)22-13-24(19-4-6-20(7-5-19)33-8-10-37-11-9-33)31-28(23(22)15-30)38-16-27-21(18(2)34)14-26(40-27)29(35)36-3/h4-7,12-14H,8-11,16H2,1-3H3. The molecule has 204 valence electrons. The van der Waals surface area contributed by atoms with Gasteiger partial charge < -0.3 is 23.6 Å². The van der Waals surface area contributed by atoms with Gasteiger partial charge in [0, 0.05) is 41.5 Å². The molecule has 1 saturated heterocycles. The molecule has 0 amide bonds. The molecule has 0 atom stereocenters. The fourth-order valence-electron chi connectivity index (χ4n) is 4.40. The van der Waals surface area contributed by atoms with Gasteiger partial charge in [0.2, 0.25) is 5.88 Å². The molecular weight excluding hydrogens is 532 g/mol. The second kappa shape index (κ2) is 11.7. The van der Waals surface area contributed by atoms with Gasteiger partial charge in [0.1, 0.15) is 23.1 Å². The molecule has 1 aliphatic heterocycles. The third kappa shape index (κ3) is 5.59. The zero-order valence-corrected chi connectivity index (χ0v) is 23.0. The number of ether oxygens (including phenoxy) is 3. The number of anilines is 1. The molecule has 1 aliphatic rings. The lowest BCUT2D eigenvalue weighted by Crippen LogP contribution is -2.36. The van der Waals surface area contributed by atoms with Crippen molar-refractivity contribution in [3.8, 4) is 34.5 Å². The second-order valence-electron chi connectivity index (χ2n) is 9.11. The highest BCUT2D eigenvalue weighted by Crippen LogP contribution is 2.35. The van der Waals surface area contributed by atoms with Crippen LogP contribution in [0.2, 0.25) is 0 Å². The van der Waals surface area contributed by atoms with Gasteiger partial charge in [-0.1, -0.05) is 17.3 Å². The van der Waals surface area contributed by atoms with Crippen LogP contribution in [0.3, 0.4) is 0 Å². The molecule has 1 fully saturated rings. The van der Waals surface area contributed by atoms with Crippen LogP contribution in [0.5, 0.6) is 5.88 Å². The predicted octanol–water partition coefficient (Wildman–Crippen LogP) is 5.05. The summed E-state index contributed by atoms with van der Waals surface area (Å²) in [6, 6.07) is 15.2. The van der Waals surface area contributed by atoms with Gasteiger partial charge in [-0.15, -0.1) is 11.3 Å². The van der Waals surface area contributed by atoms with E-state index in [1.807, 2.05) is 24.3 Å². The summed E-state index contributed by atoms with van der Waals surface area (Å²) in [7, 11) is 1.28. The number of ketones is 1. The Morgan fingerprint density at radius 3 is 2.52 bits per heavy atom. The van der Waals surface area contributed by atoms with E-state index in [1.165, 1.54) is 20.1 Å². The first-order valence-corrected chi connectivity index (χ1v) is 13.4. The first-order chi connectivity index (χ1) is 19.4. The van der Waals surface area contributed by atoms with E-state index in [2.05, 4.69) is 21.1 Å². The quantitative estimate of drug-likeness (QED) is 0.214. The van der Waals surface area contributed by atoms with Gasteiger partial charge in [0.05, 0.1) is 36.6 Å². The molecule has 4 aromatic rings. The summed E-state index contributed by atoms with van der Waals surface area (Å²) in [5.41, 5.74) is 4.13. The van der Waals surface area contributed by atoms with E-state index in [-0.39, 0.29) is 28.7 Å². The molecule has 10 nitrogen and oxygen atoms in total. The molecule has 1 aromatic carbocycles. The SMILES string of the molecule is COC(=O)c1cc(C(C)=O)c(COc2nc(-c3ccc(N4CCOCC4)cc3)cc(-c3cc(C)no3)c2C#N)s1. The molecule has 0 N–H and O–H groups in total. The van der Waals surface area contributed by atoms with Crippen LogP contribution in [0.1, 0.15) is 43.1 Å². The van der Waals surface area contributed by atoms with Gasteiger partial charge in [-0.2, -0.15) is 5.26 Å². The monoisotopic (exact) mass is 558 g/mol. The van der Waals surface area contributed by atoms with Crippen LogP contribution >= 0.6 is 11.3 Å². The summed E-state index contributed by atoms with van der Waals surface area (Å²) >= 11 is 1.10. The summed E-state index contributed by atoms with van der Waals surface area (Å²) < 4.78 is 21.8. The summed E-state index contributed by atoms with van der Waals surface area (Å²) in [4.78, 5) is 32.1. The van der Waals surface area contributed by atoms with Crippen molar-refractivity contribution in [1.82, 2.24) is 10.1 Å². The minimum Gasteiger partial charge on any atom is -0.471 e. The van der Waals surface area contributed by atoms with Crippen LogP contribution in [0.25, 0.3) is 22.6 Å². The fraction of sp³-hybridized carbons (Fsp3) is 0.276. The largest absolute Gasteiger partial charge is 0.471 e. The zero-order chi connectivity index (χ0) is 28.2. The molecule has 5 rings (SSSR count). The molecule has 11 heteroatoms. The summed E-state index contributed by atoms with van der Waals surface area (Å²) in [6.45, 7) is 6.16. The number of benzene rings is 1. The van der Waals surface area contributed by atoms with Crippen LogP contribution in [0.4, 0.5) is 5.69 Å². The Labute approximate surface area is 234 Å². The molecule has 0 bridgehead atoms. The Kier molecular flexibility index (Phi) is 7.91. The zero-order valence-electron chi connectivity index (χ0n) is 22.2. The van der Waals surface area contributed by atoms with Crippen molar-refractivity contribution >= 4 is 28.8 Å². The summed E-state index contributed by atoms with van der Waals surface area (Å²) in [5, 5.41) is 14.1. The number of esters is 1. The summed E-state index contributed by atoms with van der Waals surface area (Å²) in [5.74, 6) is -0.282. The maximum atomic E-state index is 12.2. The number of hydrogen-bond donors (Lipinski definition) is 0. The van der Waals surface area contributed by atoms with E-state index >= 15 is 0 Å². The molecule has 0 saturated carbocycles. The van der Waals surface area contributed by atoms with Crippen molar-refractivity contribution in [3.05, 3.63) is 69.0 Å². The van der Waals surface area contributed by atoms with Gasteiger partial charge >= 0.3 is 5.97 Å². The van der Waals surface area contributed by atoms with Crippen LogP contribution in [0.15, 0.2) is 47.0 Å². The Hall–Kier alpha value is -4.53. The van der Waals surface area contributed by atoms with Gasteiger partial charge in [-0.3, -0.25) is 4.79 Å². The predicted molar refractivity (Wildman–Crippen MR) is 148 cm³/mol. The van der Waals surface area contributed by atoms with E-state index < -0.39 is 5.97 Å². The lowest BCUT2D eigenvalue weighted by molar-refractivity contribution is 0.0606. The Morgan fingerprint density at radius 1 is 1.15 bits per heavy atom. The van der Waals surface area contributed by atoms with E-state index in [1.54, 1.807) is 19.1 Å².